The van der Waals surface area contributed by atoms with Gasteiger partial charge < -0.3 is 14.9 Å². The number of H-pyrrole nitrogens is 2. The molecule has 2 aliphatic rings. The highest BCUT2D eigenvalue weighted by Gasteiger charge is 2.31. The van der Waals surface area contributed by atoms with Gasteiger partial charge in [-0.05, 0) is 49.4 Å². The summed E-state index contributed by atoms with van der Waals surface area (Å²) in [5.74, 6) is 0.933. The average molecular weight is 485 g/mol. The van der Waals surface area contributed by atoms with Gasteiger partial charge in [0.25, 0.3) is 0 Å². The topological polar surface area (TPSA) is 115 Å². The zero-order valence-corrected chi connectivity index (χ0v) is 19.6. The molecule has 0 radical (unpaired) electrons. The lowest BCUT2D eigenvalue weighted by molar-refractivity contribution is 0.384. The molecular weight excluding hydrogens is 460 g/mol. The molecule has 4 heterocycles. The monoisotopic (exact) mass is 484 g/mol. The molecule has 0 saturated carbocycles. The van der Waals surface area contributed by atoms with Crippen molar-refractivity contribution in [3.8, 4) is 0 Å². The largest absolute Gasteiger partial charge is 0.353 e. The van der Waals surface area contributed by atoms with Crippen molar-refractivity contribution in [3.05, 3.63) is 45.5 Å². The van der Waals surface area contributed by atoms with Crippen molar-refractivity contribution in [3.63, 3.8) is 0 Å². The third-order valence-corrected chi connectivity index (χ3v) is 9.74. The molecule has 1 saturated heterocycles. The average Bonchev–Trinajstić information content (AvgIpc) is 3.28. The number of hydrogen-bond donors (Lipinski definition) is 2. The minimum Gasteiger partial charge on any atom is -0.353 e. The highest BCUT2D eigenvalue weighted by Crippen LogP contribution is 2.39. The fraction of sp³-hybridized carbons (Fsp3) is 0.409. The van der Waals surface area contributed by atoms with E-state index in [1.165, 1.54) is 40.1 Å². The SMILES string of the molecule is O=c1[nH]c2ccc(S(=O)(=O)N3CCN(c4ncnc5sc6c(c45)CCCCC6)CC3)cc2[nH]1. The number of hydrogen-bond acceptors (Lipinski definition) is 7. The van der Waals surface area contributed by atoms with Crippen LogP contribution in [0.15, 0.2) is 34.2 Å². The van der Waals surface area contributed by atoms with E-state index in [2.05, 4.69) is 24.8 Å². The molecule has 2 N–H and O–H groups in total. The molecule has 3 aromatic heterocycles. The predicted octanol–water partition coefficient (Wildman–Crippen LogP) is 2.64. The third kappa shape index (κ3) is 3.54. The van der Waals surface area contributed by atoms with Gasteiger partial charge in [0.2, 0.25) is 10.0 Å². The zero-order valence-electron chi connectivity index (χ0n) is 18.0. The lowest BCUT2D eigenvalue weighted by Crippen LogP contribution is -2.49. The number of nitrogens with zero attached hydrogens (tertiary/aromatic N) is 4. The number of sulfonamides is 1. The molecule has 1 aliphatic carbocycles. The predicted molar refractivity (Wildman–Crippen MR) is 129 cm³/mol. The van der Waals surface area contributed by atoms with Crippen LogP contribution >= 0.6 is 11.3 Å². The first kappa shape index (κ1) is 20.8. The van der Waals surface area contributed by atoms with E-state index in [1.807, 2.05) is 0 Å². The van der Waals surface area contributed by atoms with Crippen molar-refractivity contribution in [2.75, 3.05) is 31.1 Å². The fourth-order valence-electron chi connectivity index (χ4n) is 4.95. The van der Waals surface area contributed by atoms with Gasteiger partial charge in [-0.2, -0.15) is 4.31 Å². The molecule has 1 aliphatic heterocycles. The first-order valence-electron chi connectivity index (χ1n) is 11.2. The van der Waals surface area contributed by atoms with Crippen molar-refractivity contribution in [1.29, 1.82) is 0 Å². The first-order chi connectivity index (χ1) is 16.0. The zero-order chi connectivity index (χ0) is 22.6. The summed E-state index contributed by atoms with van der Waals surface area (Å²) in [4.78, 5) is 30.8. The Morgan fingerprint density at radius 2 is 1.73 bits per heavy atom. The molecule has 33 heavy (non-hydrogen) atoms. The molecule has 0 bridgehead atoms. The fourth-order valence-corrected chi connectivity index (χ4v) is 7.62. The Bertz CT molecular complexity index is 1510. The van der Waals surface area contributed by atoms with E-state index in [1.54, 1.807) is 29.8 Å². The van der Waals surface area contributed by atoms with E-state index in [-0.39, 0.29) is 10.6 Å². The Balaban J connectivity index is 1.27. The lowest BCUT2D eigenvalue weighted by atomic mass is 10.1. The summed E-state index contributed by atoms with van der Waals surface area (Å²) >= 11 is 1.78. The van der Waals surface area contributed by atoms with E-state index in [0.29, 0.717) is 37.2 Å². The summed E-state index contributed by atoms with van der Waals surface area (Å²) in [6.07, 6.45) is 7.47. The number of anilines is 1. The molecule has 0 unspecified atom stereocenters. The second-order valence-electron chi connectivity index (χ2n) is 8.62. The van der Waals surface area contributed by atoms with Gasteiger partial charge in [-0.15, -0.1) is 11.3 Å². The van der Waals surface area contributed by atoms with Crippen LogP contribution in [0.2, 0.25) is 0 Å². The number of nitrogens with one attached hydrogen (secondary N) is 2. The smallest absolute Gasteiger partial charge is 0.323 e. The Labute approximate surface area is 194 Å². The molecule has 6 rings (SSSR count). The maximum Gasteiger partial charge on any atom is 0.323 e. The number of thiophene rings is 1. The minimum absolute atomic E-state index is 0.186. The number of rotatable bonds is 3. The molecule has 0 atom stereocenters. The van der Waals surface area contributed by atoms with Crippen LogP contribution in [-0.4, -0.2) is 58.8 Å². The van der Waals surface area contributed by atoms with E-state index >= 15 is 0 Å². The van der Waals surface area contributed by atoms with Gasteiger partial charge in [0.05, 0.1) is 21.3 Å². The van der Waals surface area contributed by atoms with Crippen molar-refractivity contribution < 1.29 is 8.42 Å². The van der Waals surface area contributed by atoms with Crippen molar-refractivity contribution >= 4 is 48.4 Å². The summed E-state index contributed by atoms with van der Waals surface area (Å²) in [6.45, 7) is 1.89. The molecule has 0 spiro atoms. The van der Waals surface area contributed by atoms with Gasteiger partial charge in [-0.3, -0.25) is 0 Å². The lowest BCUT2D eigenvalue weighted by Gasteiger charge is -2.35. The Morgan fingerprint density at radius 3 is 2.58 bits per heavy atom. The van der Waals surface area contributed by atoms with Crippen LogP contribution in [0.25, 0.3) is 21.3 Å². The third-order valence-electron chi connectivity index (χ3n) is 6.64. The second-order valence-corrected chi connectivity index (χ2v) is 11.6. The van der Waals surface area contributed by atoms with E-state index < -0.39 is 10.0 Å². The number of piperazine rings is 1. The van der Waals surface area contributed by atoms with Crippen LogP contribution in [0.4, 0.5) is 5.82 Å². The quantitative estimate of drug-likeness (QED) is 0.432. The summed E-state index contributed by atoms with van der Waals surface area (Å²) in [5.41, 5.74) is 2.12. The van der Waals surface area contributed by atoms with Crippen LogP contribution in [-0.2, 0) is 22.9 Å². The Kier molecular flexibility index (Phi) is 5.00. The number of aromatic amines is 2. The highest BCUT2D eigenvalue weighted by molar-refractivity contribution is 7.89. The Morgan fingerprint density at radius 1 is 0.939 bits per heavy atom. The Hall–Kier alpha value is -2.76. The molecule has 0 amide bonds. The highest BCUT2D eigenvalue weighted by atomic mass is 32.2. The van der Waals surface area contributed by atoms with Gasteiger partial charge >= 0.3 is 5.69 Å². The normalized spacial score (nSPS) is 18.0. The summed E-state index contributed by atoms with van der Waals surface area (Å²) in [5, 5.41) is 1.16. The van der Waals surface area contributed by atoms with Gasteiger partial charge in [-0.1, -0.05) is 6.42 Å². The summed E-state index contributed by atoms with van der Waals surface area (Å²) in [6, 6.07) is 4.68. The van der Waals surface area contributed by atoms with Crippen LogP contribution in [0.1, 0.15) is 29.7 Å². The van der Waals surface area contributed by atoms with Crippen LogP contribution in [0.3, 0.4) is 0 Å². The molecule has 11 heteroatoms. The molecule has 4 aromatic rings. The van der Waals surface area contributed by atoms with Crippen LogP contribution in [0, 0.1) is 0 Å². The summed E-state index contributed by atoms with van der Waals surface area (Å²) in [7, 11) is -3.66. The van der Waals surface area contributed by atoms with Crippen molar-refractivity contribution in [1.82, 2.24) is 24.2 Å². The second kappa shape index (κ2) is 7.93. The van der Waals surface area contributed by atoms with Crippen LogP contribution < -0.4 is 10.6 Å². The van der Waals surface area contributed by atoms with Gasteiger partial charge in [0.15, 0.2) is 0 Å². The molecule has 1 fully saturated rings. The number of imidazole rings is 1. The molecule has 1 aromatic carbocycles. The number of aromatic nitrogens is 4. The standard InChI is InChI=1S/C22H24N6O3S2/c29-22-25-16-7-6-14(12-17(16)26-22)33(30,31)28-10-8-27(9-11-28)20-19-15-4-2-1-3-5-18(15)32-21(19)24-13-23-20/h6-7,12-13H,1-5,8-11H2,(H2,25,26,29). The van der Waals surface area contributed by atoms with Gasteiger partial charge in [0, 0.05) is 31.1 Å². The minimum atomic E-state index is -3.66. The van der Waals surface area contributed by atoms with Crippen molar-refractivity contribution in [2.24, 2.45) is 0 Å². The maximum atomic E-state index is 13.3. The molecule has 172 valence electrons. The first-order valence-corrected chi connectivity index (χ1v) is 13.5. The number of benzene rings is 1. The van der Waals surface area contributed by atoms with Crippen molar-refractivity contribution in [2.45, 2.75) is 37.0 Å². The summed E-state index contributed by atoms with van der Waals surface area (Å²) < 4.78 is 28.0. The number of aryl methyl sites for hydroxylation is 2. The number of fused-ring (bicyclic) bond motifs is 4. The van der Waals surface area contributed by atoms with Crippen LogP contribution in [0.5, 0.6) is 0 Å². The van der Waals surface area contributed by atoms with Gasteiger partial charge in [-0.25, -0.2) is 23.2 Å². The maximum absolute atomic E-state index is 13.3. The van der Waals surface area contributed by atoms with Gasteiger partial charge in [0.1, 0.15) is 17.0 Å². The van der Waals surface area contributed by atoms with E-state index in [9.17, 15) is 13.2 Å². The van der Waals surface area contributed by atoms with E-state index in [4.69, 9.17) is 0 Å². The molecular formula is C22H24N6O3S2. The van der Waals surface area contributed by atoms with E-state index in [0.717, 1.165) is 28.9 Å². The molecule has 9 nitrogen and oxygen atoms in total.